The van der Waals surface area contributed by atoms with Gasteiger partial charge in [0.05, 0.1) is 23.1 Å². The van der Waals surface area contributed by atoms with Gasteiger partial charge in [0.2, 0.25) is 0 Å². The number of anilines is 3. The number of aryl methyl sites for hydroxylation is 1. The number of benzene rings is 2. The molecule has 1 heterocycles. The van der Waals surface area contributed by atoms with Crippen LogP contribution in [0, 0.1) is 6.92 Å². The van der Waals surface area contributed by atoms with Gasteiger partial charge in [-0.3, -0.25) is 4.79 Å². The minimum atomic E-state index is -0.418. The molecule has 25 heavy (non-hydrogen) atoms. The molecule has 0 aliphatic heterocycles. The minimum Gasteiger partial charge on any atom is -0.339 e. The van der Waals surface area contributed by atoms with Crippen molar-refractivity contribution in [2.75, 3.05) is 10.6 Å². The van der Waals surface area contributed by atoms with Crippen molar-refractivity contribution >= 4 is 46.3 Å². The first-order valence-electron chi connectivity index (χ1n) is 7.43. The molecule has 0 aliphatic rings. The molecular weight excluding hydrogens is 359 g/mol. The minimum absolute atomic E-state index is 0.172. The Morgan fingerprint density at radius 2 is 1.76 bits per heavy atom. The lowest BCUT2D eigenvalue weighted by atomic mass is 10.2. The highest BCUT2D eigenvalue weighted by molar-refractivity contribution is 6.35. The van der Waals surface area contributed by atoms with Crippen LogP contribution in [0.5, 0.6) is 0 Å². The Hall–Kier alpha value is -2.63. The van der Waals surface area contributed by atoms with E-state index in [9.17, 15) is 4.79 Å². The fourth-order valence-corrected chi connectivity index (χ4v) is 2.41. The summed E-state index contributed by atoms with van der Waals surface area (Å²) >= 11 is 11.9. The van der Waals surface area contributed by atoms with Gasteiger partial charge < -0.3 is 10.6 Å². The van der Waals surface area contributed by atoms with E-state index < -0.39 is 5.91 Å². The van der Waals surface area contributed by atoms with E-state index in [1.165, 1.54) is 18.0 Å². The van der Waals surface area contributed by atoms with Gasteiger partial charge >= 0.3 is 0 Å². The predicted molar refractivity (Wildman–Crippen MR) is 101 cm³/mol. The van der Waals surface area contributed by atoms with E-state index in [0.717, 1.165) is 5.69 Å². The molecule has 2 N–H and O–H groups in total. The molecule has 126 valence electrons. The SMILES string of the molecule is Cc1ccc(Nc2cnc(C(=O)Nc3cc(Cl)ccc3Cl)cn2)cc1. The average molecular weight is 373 g/mol. The van der Waals surface area contributed by atoms with Crippen LogP contribution < -0.4 is 10.6 Å². The van der Waals surface area contributed by atoms with Gasteiger partial charge in [0.1, 0.15) is 11.5 Å². The van der Waals surface area contributed by atoms with E-state index in [1.807, 2.05) is 31.2 Å². The van der Waals surface area contributed by atoms with Gasteiger partial charge in [0.15, 0.2) is 0 Å². The van der Waals surface area contributed by atoms with E-state index >= 15 is 0 Å². The number of aromatic nitrogens is 2. The summed E-state index contributed by atoms with van der Waals surface area (Å²) < 4.78 is 0. The number of nitrogens with one attached hydrogen (secondary N) is 2. The number of halogens is 2. The van der Waals surface area contributed by atoms with E-state index in [-0.39, 0.29) is 5.69 Å². The maximum atomic E-state index is 12.2. The number of rotatable bonds is 4. The number of carbonyl (C=O) groups is 1. The second-order valence-electron chi connectivity index (χ2n) is 5.36. The van der Waals surface area contributed by atoms with Gasteiger partial charge in [-0.1, -0.05) is 40.9 Å². The van der Waals surface area contributed by atoms with Gasteiger partial charge in [-0.15, -0.1) is 0 Å². The first-order chi connectivity index (χ1) is 12.0. The molecule has 0 saturated carbocycles. The Kier molecular flexibility index (Phi) is 5.16. The van der Waals surface area contributed by atoms with Crippen molar-refractivity contribution in [1.29, 1.82) is 0 Å². The summed E-state index contributed by atoms with van der Waals surface area (Å²) in [6.07, 6.45) is 2.89. The lowest BCUT2D eigenvalue weighted by molar-refractivity contribution is 0.102. The van der Waals surface area contributed by atoms with Crippen LogP contribution in [0.15, 0.2) is 54.9 Å². The first kappa shape index (κ1) is 17.2. The summed E-state index contributed by atoms with van der Waals surface area (Å²) in [4.78, 5) is 20.6. The molecule has 0 unspecified atom stereocenters. The zero-order chi connectivity index (χ0) is 17.8. The van der Waals surface area contributed by atoms with Crippen LogP contribution in [0.4, 0.5) is 17.2 Å². The summed E-state index contributed by atoms with van der Waals surface area (Å²) in [5.41, 5.74) is 2.65. The maximum Gasteiger partial charge on any atom is 0.275 e. The monoisotopic (exact) mass is 372 g/mol. The molecule has 7 heteroatoms. The highest BCUT2D eigenvalue weighted by Crippen LogP contribution is 2.25. The summed E-state index contributed by atoms with van der Waals surface area (Å²) in [6, 6.07) is 12.7. The average Bonchev–Trinajstić information content (AvgIpc) is 2.61. The van der Waals surface area contributed by atoms with Crippen LogP contribution in [0.3, 0.4) is 0 Å². The van der Waals surface area contributed by atoms with Crippen molar-refractivity contribution < 1.29 is 4.79 Å². The highest BCUT2D eigenvalue weighted by atomic mass is 35.5. The molecule has 1 amide bonds. The third-order valence-electron chi connectivity index (χ3n) is 3.39. The molecule has 0 bridgehead atoms. The van der Waals surface area contributed by atoms with Crippen LogP contribution in [-0.2, 0) is 0 Å². The number of hydrogen-bond acceptors (Lipinski definition) is 4. The molecule has 3 rings (SSSR count). The summed E-state index contributed by atoms with van der Waals surface area (Å²) in [5.74, 6) is 0.125. The van der Waals surface area contributed by atoms with E-state index in [0.29, 0.717) is 21.6 Å². The van der Waals surface area contributed by atoms with Crippen molar-refractivity contribution in [3.05, 3.63) is 76.2 Å². The molecule has 3 aromatic rings. The third kappa shape index (κ3) is 4.47. The summed E-state index contributed by atoms with van der Waals surface area (Å²) in [6.45, 7) is 2.02. The van der Waals surface area contributed by atoms with Gasteiger partial charge in [0, 0.05) is 10.7 Å². The van der Waals surface area contributed by atoms with Crippen molar-refractivity contribution in [3.8, 4) is 0 Å². The Morgan fingerprint density at radius 3 is 2.44 bits per heavy atom. The molecule has 5 nitrogen and oxygen atoms in total. The normalized spacial score (nSPS) is 10.4. The second-order valence-corrected chi connectivity index (χ2v) is 6.20. The highest BCUT2D eigenvalue weighted by Gasteiger charge is 2.11. The molecule has 0 saturated heterocycles. The molecule has 2 aromatic carbocycles. The lowest BCUT2D eigenvalue weighted by Gasteiger charge is -2.08. The van der Waals surface area contributed by atoms with Crippen LogP contribution >= 0.6 is 23.2 Å². The topological polar surface area (TPSA) is 66.9 Å². The van der Waals surface area contributed by atoms with Crippen LogP contribution in [0.2, 0.25) is 10.0 Å². The van der Waals surface area contributed by atoms with Gasteiger partial charge in [-0.05, 0) is 37.3 Å². The zero-order valence-electron chi connectivity index (χ0n) is 13.3. The third-order valence-corrected chi connectivity index (χ3v) is 3.95. The van der Waals surface area contributed by atoms with Gasteiger partial charge in [-0.25, -0.2) is 9.97 Å². The maximum absolute atomic E-state index is 12.2. The Bertz CT molecular complexity index is 896. The molecule has 0 spiro atoms. The van der Waals surface area contributed by atoms with Gasteiger partial charge in [0.25, 0.3) is 5.91 Å². The molecule has 1 aromatic heterocycles. The van der Waals surface area contributed by atoms with Crippen molar-refractivity contribution in [1.82, 2.24) is 9.97 Å². The fraction of sp³-hybridized carbons (Fsp3) is 0.0556. The molecule has 0 fully saturated rings. The molecule has 0 atom stereocenters. The van der Waals surface area contributed by atoms with E-state index in [2.05, 4.69) is 20.6 Å². The van der Waals surface area contributed by atoms with Crippen LogP contribution in [0.25, 0.3) is 0 Å². The summed E-state index contributed by atoms with van der Waals surface area (Å²) in [5, 5.41) is 6.65. The van der Waals surface area contributed by atoms with E-state index in [4.69, 9.17) is 23.2 Å². The Balaban J connectivity index is 1.70. The molecule has 0 radical (unpaired) electrons. The lowest BCUT2D eigenvalue weighted by Crippen LogP contribution is -2.14. The van der Waals surface area contributed by atoms with Gasteiger partial charge in [-0.2, -0.15) is 0 Å². The number of carbonyl (C=O) groups excluding carboxylic acids is 1. The number of hydrogen-bond donors (Lipinski definition) is 2. The summed E-state index contributed by atoms with van der Waals surface area (Å²) in [7, 11) is 0. The molecule has 0 aliphatic carbocycles. The zero-order valence-corrected chi connectivity index (χ0v) is 14.8. The first-order valence-corrected chi connectivity index (χ1v) is 8.19. The number of nitrogens with zero attached hydrogens (tertiary/aromatic N) is 2. The quantitative estimate of drug-likeness (QED) is 0.669. The van der Waals surface area contributed by atoms with Crippen molar-refractivity contribution in [3.63, 3.8) is 0 Å². The van der Waals surface area contributed by atoms with Crippen LogP contribution in [-0.4, -0.2) is 15.9 Å². The standard InChI is InChI=1S/C18H14Cl2N4O/c1-11-2-5-13(6-3-11)23-17-10-21-16(9-22-17)18(25)24-15-8-12(19)4-7-14(15)20/h2-10H,1H3,(H,22,23)(H,24,25). The van der Waals surface area contributed by atoms with Crippen molar-refractivity contribution in [2.24, 2.45) is 0 Å². The van der Waals surface area contributed by atoms with Crippen molar-refractivity contribution in [2.45, 2.75) is 6.92 Å². The van der Waals surface area contributed by atoms with E-state index in [1.54, 1.807) is 18.2 Å². The molecular formula is C18H14Cl2N4O. The Labute approximate surface area is 155 Å². The predicted octanol–water partition coefficient (Wildman–Crippen LogP) is 5.09. The Morgan fingerprint density at radius 1 is 1.00 bits per heavy atom. The fourth-order valence-electron chi connectivity index (χ4n) is 2.07. The second kappa shape index (κ2) is 7.51. The number of amides is 1. The smallest absolute Gasteiger partial charge is 0.275 e. The van der Waals surface area contributed by atoms with Crippen LogP contribution in [0.1, 0.15) is 16.1 Å². The largest absolute Gasteiger partial charge is 0.339 e.